The van der Waals surface area contributed by atoms with E-state index in [1.807, 2.05) is 0 Å². The number of rotatable bonds is 6. The van der Waals surface area contributed by atoms with E-state index >= 15 is 0 Å². The highest BCUT2D eigenvalue weighted by atomic mass is 19.4. The van der Waals surface area contributed by atoms with E-state index in [4.69, 9.17) is 0 Å². The second-order valence-electron chi connectivity index (χ2n) is 7.47. The SMILES string of the molecule is C=C(CC(CC(F)=C(F)F)C(O)(C(F)(F)F)C(F)(F)F)C1CC2CCC1C2. The summed E-state index contributed by atoms with van der Waals surface area (Å²) in [7, 11) is 0. The van der Waals surface area contributed by atoms with E-state index in [2.05, 4.69) is 6.58 Å². The van der Waals surface area contributed by atoms with Gasteiger partial charge < -0.3 is 5.11 Å². The number of hydrogen-bond acceptors (Lipinski definition) is 1. The molecule has 2 saturated carbocycles. The summed E-state index contributed by atoms with van der Waals surface area (Å²) in [4.78, 5) is 0. The van der Waals surface area contributed by atoms with Gasteiger partial charge in [0.05, 0.1) is 0 Å². The molecule has 2 aliphatic carbocycles. The maximum Gasteiger partial charge on any atom is 0.426 e. The van der Waals surface area contributed by atoms with Gasteiger partial charge in [0, 0.05) is 12.3 Å². The molecular weight excluding hydrogens is 391 g/mol. The van der Waals surface area contributed by atoms with Crippen molar-refractivity contribution in [3.63, 3.8) is 0 Å². The van der Waals surface area contributed by atoms with Gasteiger partial charge in [-0.2, -0.15) is 35.1 Å². The van der Waals surface area contributed by atoms with Gasteiger partial charge in [-0.15, -0.1) is 0 Å². The maximum atomic E-state index is 13.3. The normalized spacial score (nSPS) is 27.0. The number of allylic oxidation sites excluding steroid dienone is 2. The summed E-state index contributed by atoms with van der Waals surface area (Å²) in [5.74, 6) is -5.29. The molecule has 156 valence electrons. The first-order valence-electron chi connectivity index (χ1n) is 8.41. The van der Waals surface area contributed by atoms with Gasteiger partial charge in [0.25, 0.3) is 5.60 Å². The molecule has 0 heterocycles. The van der Waals surface area contributed by atoms with Gasteiger partial charge >= 0.3 is 18.4 Å². The van der Waals surface area contributed by atoms with Gasteiger partial charge in [-0.3, -0.25) is 0 Å². The average Bonchev–Trinajstić information content (AvgIpc) is 3.13. The Morgan fingerprint density at radius 3 is 1.85 bits per heavy atom. The minimum Gasteiger partial charge on any atom is -0.373 e. The number of hydrogen-bond donors (Lipinski definition) is 1. The largest absolute Gasteiger partial charge is 0.426 e. The van der Waals surface area contributed by atoms with Crippen LogP contribution in [0.25, 0.3) is 0 Å². The van der Waals surface area contributed by atoms with E-state index in [9.17, 15) is 44.6 Å². The molecule has 0 saturated heterocycles. The Morgan fingerprint density at radius 1 is 0.926 bits per heavy atom. The van der Waals surface area contributed by atoms with Crippen LogP contribution in [0.15, 0.2) is 24.1 Å². The van der Waals surface area contributed by atoms with Gasteiger partial charge in [0.15, 0.2) is 5.83 Å². The Balaban J connectivity index is 2.35. The van der Waals surface area contributed by atoms with Crippen LogP contribution < -0.4 is 0 Å². The lowest BCUT2D eigenvalue weighted by Gasteiger charge is -2.39. The molecule has 0 amide bonds. The highest BCUT2D eigenvalue weighted by Crippen LogP contribution is 2.55. The minimum absolute atomic E-state index is 0.00573. The average molecular weight is 410 g/mol. The molecule has 2 bridgehead atoms. The molecule has 2 fully saturated rings. The zero-order chi connectivity index (χ0) is 20.8. The topological polar surface area (TPSA) is 20.2 Å². The molecule has 2 rings (SSSR count). The number of alkyl halides is 6. The molecule has 0 aromatic heterocycles. The molecule has 0 aromatic carbocycles. The fraction of sp³-hybridized carbons (Fsp3) is 0.765. The smallest absolute Gasteiger partial charge is 0.373 e. The van der Waals surface area contributed by atoms with Crippen LogP contribution in [0, 0.1) is 23.7 Å². The van der Waals surface area contributed by atoms with Crippen LogP contribution in [-0.4, -0.2) is 23.1 Å². The molecule has 0 aromatic rings. The van der Waals surface area contributed by atoms with E-state index in [0.29, 0.717) is 12.3 Å². The first-order chi connectivity index (χ1) is 12.2. The molecule has 10 heteroatoms. The third kappa shape index (κ3) is 4.14. The summed E-state index contributed by atoms with van der Waals surface area (Å²) in [6, 6.07) is 0. The molecule has 1 N–H and O–H groups in total. The molecule has 1 nitrogen and oxygen atoms in total. The summed E-state index contributed by atoms with van der Waals surface area (Å²) >= 11 is 0. The summed E-state index contributed by atoms with van der Waals surface area (Å²) in [5, 5.41) is 9.57. The van der Waals surface area contributed by atoms with E-state index in [-0.39, 0.29) is 17.4 Å². The molecule has 0 spiro atoms. The van der Waals surface area contributed by atoms with Gasteiger partial charge in [-0.05, 0) is 43.4 Å². The molecule has 27 heavy (non-hydrogen) atoms. The third-order valence-electron chi connectivity index (χ3n) is 5.86. The van der Waals surface area contributed by atoms with Crippen molar-refractivity contribution in [2.24, 2.45) is 23.7 Å². The molecule has 0 aliphatic heterocycles. The maximum absolute atomic E-state index is 13.3. The highest BCUT2D eigenvalue weighted by Gasteiger charge is 2.73. The van der Waals surface area contributed by atoms with Crippen molar-refractivity contribution in [3.8, 4) is 0 Å². The van der Waals surface area contributed by atoms with Crippen molar-refractivity contribution in [2.45, 2.75) is 56.5 Å². The first-order valence-corrected chi connectivity index (χ1v) is 8.41. The summed E-state index contributed by atoms with van der Waals surface area (Å²) in [5.41, 5.74) is -5.32. The van der Waals surface area contributed by atoms with Crippen LogP contribution in [-0.2, 0) is 0 Å². The summed E-state index contributed by atoms with van der Waals surface area (Å²) in [6.07, 6.45) is -15.4. The van der Waals surface area contributed by atoms with Crippen molar-refractivity contribution in [1.29, 1.82) is 0 Å². The van der Waals surface area contributed by atoms with Crippen LogP contribution in [0.1, 0.15) is 38.5 Å². The van der Waals surface area contributed by atoms with Crippen molar-refractivity contribution in [2.75, 3.05) is 0 Å². The second-order valence-corrected chi connectivity index (χ2v) is 7.47. The molecule has 0 radical (unpaired) electrons. The Labute approximate surface area is 149 Å². The van der Waals surface area contributed by atoms with Crippen molar-refractivity contribution >= 4 is 0 Å². The summed E-state index contributed by atoms with van der Waals surface area (Å²) in [6.45, 7) is 3.55. The van der Waals surface area contributed by atoms with Gasteiger partial charge in [0.2, 0.25) is 0 Å². The van der Waals surface area contributed by atoms with Crippen molar-refractivity contribution < 1.29 is 44.6 Å². The van der Waals surface area contributed by atoms with Crippen molar-refractivity contribution in [3.05, 3.63) is 24.1 Å². The van der Waals surface area contributed by atoms with Gasteiger partial charge in [-0.1, -0.05) is 18.6 Å². The minimum atomic E-state index is -6.22. The molecule has 2 aliphatic rings. The fourth-order valence-corrected chi connectivity index (χ4v) is 4.50. The summed E-state index contributed by atoms with van der Waals surface area (Å²) < 4.78 is 117. The first kappa shape index (κ1) is 22.1. The molecular formula is C17H19F9O. The predicted molar refractivity (Wildman–Crippen MR) is 78.2 cm³/mol. The standard InChI is InChI=1S/C17H19F9O/c1-8(12-6-9-2-3-10(12)5-9)4-11(7-13(18)14(19)20)15(27,16(21,22)23)17(24,25)26/h9-12,27H,1-7H2. The zero-order valence-corrected chi connectivity index (χ0v) is 14.1. The van der Waals surface area contributed by atoms with E-state index in [1.165, 1.54) is 0 Å². The number of fused-ring (bicyclic) bond motifs is 2. The van der Waals surface area contributed by atoms with Crippen LogP contribution in [0.3, 0.4) is 0 Å². The Kier molecular flexibility index (Phi) is 6.00. The van der Waals surface area contributed by atoms with Gasteiger partial charge in [0.1, 0.15) is 0 Å². The highest BCUT2D eigenvalue weighted by molar-refractivity contribution is 5.14. The Bertz CT molecular complexity index is 587. The Morgan fingerprint density at radius 2 is 1.48 bits per heavy atom. The van der Waals surface area contributed by atoms with Crippen LogP contribution in [0.5, 0.6) is 0 Å². The van der Waals surface area contributed by atoms with Crippen LogP contribution >= 0.6 is 0 Å². The zero-order valence-electron chi connectivity index (χ0n) is 14.1. The lowest BCUT2D eigenvalue weighted by molar-refractivity contribution is -0.385. The number of halogens is 9. The molecule has 4 atom stereocenters. The second kappa shape index (κ2) is 7.33. The van der Waals surface area contributed by atoms with E-state index in [1.54, 1.807) is 0 Å². The lowest BCUT2D eigenvalue weighted by atomic mass is 9.74. The number of aliphatic hydroxyl groups is 1. The van der Waals surface area contributed by atoms with E-state index in [0.717, 1.165) is 19.3 Å². The van der Waals surface area contributed by atoms with Gasteiger partial charge in [-0.25, -0.2) is 4.39 Å². The lowest BCUT2D eigenvalue weighted by Crippen LogP contribution is -2.61. The quantitative estimate of drug-likeness (QED) is 0.402. The fourth-order valence-electron chi connectivity index (χ4n) is 4.50. The third-order valence-corrected chi connectivity index (χ3v) is 5.86. The molecule has 4 unspecified atom stereocenters. The van der Waals surface area contributed by atoms with Crippen LogP contribution in [0.4, 0.5) is 39.5 Å². The Hall–Kier alpha value is -1.19. The monoisotopic (exact) mass is 410 g/mol. The van der Waals surface area contributed by atoms with Crippen molar-refractivity contribution in [1.82, 2.24) is 0 Å². The predicted octanol–water partition coefficient (Wildman–Crippen LogP) is 6.31. The van der Waals surface area contributed by atoms with Crippen LogP contribution in [0.2, 0.25) is 0 Å². The van der Waals surface area contributed by atoms with E-state index < -0.39 is 48.6 Å².